The molecule has 0 saturated heterocycles. The van der Waals surface area contributed by atoms with Gasteiger partial charge in [0.25, 0.3) is 0 Å². The van der Waals surface area contributed by atoms with Crippen molar-refractivity contribution in [1.29, 1.82) is 0 Å². The van der Waals surface area contributed by atoms with E-state index in [-0.39, 0.29) is 0 Å². The Morgan fingerprint density at radius 3 is 2.44 bits per heavy atom. The molecule has 18 heavy (non-hydrogen) atoms. The van der Waals surface area contributed by atoms with Gasteiger partial charge in [-0.2, -0.15) is 0 Å². The summed E-state index contributed by atoms with van der Waals surface area (Å²) in [6, 6.07) is 18.2. The van der Waals surface area contributed by atoms with Crippen molar-refractivity contribution < 1.29 is 0 Å². The number of halogens is 1. The molecule has 88 valence electrons. The first-order valence-corrected chi connectivity index (χ1v) is 6.24. The second-order valence-corrected chi connectivity index (χ2v) is 4.78. The van der Waals surface area contributed by atoms with Gasteiger partial charge in [-0.15, -0.1) is 0 Å². The van der Waals surface area contributed by atoms with E-state index >= 15 is 0 Å². The lowest BCUT2D eigenvalue weighted by Crippen LogP contribution is -1.86. The zero-order chi connectivity index (χ0) is 12.5. The van der Waals surface area contributed by atoms with Gasteiger partial charge in [0.05, 0.1) is 16.2 Å². The Morgan fingerprint density at radius 1 is 0.944 bits per heavy atom. The smallest absolute Gasteiger partial charge is 0.0724 e. The van der Waals surface area contributed by atoms with Crippen molar-refractivity contribution in [2.24, 2.45) is 0 Å². The lowest BCUT2D eigenvalue weighted by Gasteiger charge is -2.05. The molecular weight excluding hydrogens is 242 g/mol. The minimum atomic E-state index is 0.746. The molecule has 2 aromatic carbocycles. The van der Waals surface area contributed by atoms with Crippen LogP contribution in [0, 0.1) is 6.92 Å². The monoisotopic (exact) mass is 253 g/mol. The highest BCUT2D eigenvalue weighted by atomic mass is 35.5. The molecular formula is C16H12ClN. The fraction of sp³-hybridized carbons (Fsp3) is 0.0625. The Hall–Kier alpha value is -1.86. The Balaban J connectivity index is 2.21. The third-order valence-electron chi connectivity index (χ3n) is 3.01. The zero-order valence-corrected chi connectivity index (χ0v) is 10.8. The van der Waals surface area contributed by atoms with Crippen molar-refractivity contribution in [3.8, 4) is 11.3 Å². The number of benzene rings is 2. The molecule has 0 saturated carbocycles. The minimum absolute atomic E-state index is 0.746. The fourth-order valence-corrected chi connectivity index (χ4v) is 2.27. The summed E-state index contributed by atoms with van der Waals surface area (Å²) in [7, 11) is 0. The summed E-state index contributed by atoms with van der Waals surface area (Å²) in [4.78, 5) is 4.65. The second kappa shape index (κ2) is 4.43. The van der Waals surface area contributed by atoms with Gasteiger partial charge in [-0.05, 0) is 19.1 Å². The maximum atomic E-state index is 6.30. The molecule has 1 aromatic heterocycles. The number of para-hydroxylation sites is 1. The molecule has 0 unspecified atom stereocenters. The maximum Gasteiger partial charge on any atom is 0.0724 e. The van der Waals surface area contributed by atoms with Crippen LogP contribution in [0.3, 0.4) is 0 Å². The van der Waals surface area contributed by atoms with E-state index in [4.69, 9.17) is 11.6 Å². The van der Waals surface area contributed by atoms with Gasteiger partial charge in [-0.25, -0.2) is 4.98 Å². The molecule has 0 radical (unpaired) electrons. The Morgan fingerprint density at radius 2 is 1.67 bits per heavy atom. The number of aromatic nitrogens is 1. The fourth-order valence-electron chi connectivity index (χ4n) is 2.01. The molecule has 3 aromatic rings. The van der Waals surface area contributed by atoms with Crippen molar-refractivity contribution in [2.75, 3.05) is 0 Å². The van der Waals surface area contributed by atoms with E-state index < -0.39 is 0 Å². The lowest BCUT2D eigenvalue weighted by atomic mass is 10.1. The second-order valence-electron chi connectivity index (χ2n) is 4.37. The van der Waals surface area contributed by atoms with Gasteiger partial charge in [0, 0.05) is 10.9 Å². The Labute approximate surface area is 111 Å². The van der Waals surface area contributed by atoms with Crippen LogP contribution in [-0.2, 0) is 0 Å². The molecule has 0 fully saturated rings. The summed E-state index contributed by atoms with van der Waals surface area (Å²) < 4.78 is 0. The summed E-state index contributed by atoms with van der Waals surface area (Å²) in [6.07, 6.45) is 0. The number of nitrogens with zero attached hydrogens (tertiary/aromatic N) is 1. The van der Waals surface area contributed by atoms with Crippen LogP contribution < -0.4 is 0 Å². The first-order chi connectivity index (χ1) is 8.74. The van der Waals surface area contributed by atoms with E-state index in [0.29, 0.717) is 0 Å². The predicted octanol–water partition coefficient (Wildman–Crippen LogP) is 4.86. The van der Waals surface area contributed by atoms with Crippen LogP contribution in [-0.4, -0.2) is 4.98 Å². The van der Waals surface area contributed by atoms with Crippen molar-refractivity contribution in [3.05, 3.63) is 65.2 Å². The Kier molecular flexibility index (Phi) is 2.77. The third-order valence-corrected chi connectivity index (χ3v) is 3.33. The van der Waals surface area contributed by atoms with Gasteiger partial charge >= 0.3 is 0 Å². The molecule has 3 rings (SSSR count). The normalized spacial score (nSPS) is 10.8. The number of hydrogen-bond donors (Lipinski definition) is 0. The number of hydrogen-bond acceptors (Lipinski definition) is 1. The number of fused-ring (bicyclic) bond motifs is 1. The van der Waals surface area contributed by atoms with Crippen LogP contribution in [0.5, 0.6) is 0 Å². The standard InChI is InChI=1S/C16H12ClN/c1-11-6-8-12(9-7-11)16-10-14(17)13-4-2-3-5-15(13)18-16/h2-10H,1H3. The van der Waals surface area contributed by atoms with E-state index in [1.807, 2.05) is 30.3 Å². The quantitative estimate of drug-likeness (QED) is 0.603. The van der Waals surface area contributed by atoms with E-state index in [1.165, 1.54) is 5.56 Å². The Bertz CT molecular complexity index is 702. The predicted molar refractivity (Wildman–Crippen MR) is 76.9 cm³/mol. The molecule has 0 N–H and O–H groups in total. The third kappa shape index (κ3) is 1.98. The highest BCUT2D eigenvalue weighted by Crippen LogP contribution is 2.27. The molecule has 0 aliphatic rings. The summed E-state index contributed by atoms with van der Waals surface area (Å²) in [5, 5.41) is 1.74. The molecule has 0 aliphatic heterocycles. The van der Waals surface area contributed by atoms with Gasteiger partial charge in [-0.1, -0.05) is 59.6 Å². The van der Waals surface area contributed by atoms with E-state index in [9.17, 15) is 0 Å². The molecule has 1 nitrogen and oxygen atoms in total. The van der Waals surface area contributed by atoms with Gasteiger partial charge in [0.1, 0.15) is 0 Å². The van der Waals surface area contributed by atoms with E-state index in [2.05, 4.69) is 36.2 Å². The average molecular weight is 254 g/mol. The topological polar surface area (TPSA) is 12.9 Å². The van der Waals surface area contributed by atoms with Crippen LogP contribution in [0.1, 0.15) is 5.56 Å². The van der Waals surface area contributed by atoms with Crippen LogP contribution in [0.4, 0.5) is 0 Å². The number of aryl methyl sites for hydroxylation is 1. The van der Waals surface area contributed by atoms with Crippen molar-refractivity contribution >= 4 is 22.5 Å². The largest absolute Gasteiger partial charge is 0.248 e. The summed E-state index contributed by atoms with van der Waals surface area (Å²) in [5.41, 5.74) is 4.18. The average Bonchev–Trinajstić information content (AvgIpc) is 2.39. The number of rotatable bonds is 1. The van der Waals surface area contributed by atoms with Crippen molar-refractivity contribution in [3.63, 3.8) is 0 Å². The highest BCUT2D eigenvalue weighted by molar-refractivity contribution is 6.35. The van der Waals surface area contributed by atoms with Gasteiger partial charge in [0.15, 0.2) is 0 Å². The summed E-state index contributed by atoms with van der Waals surface area (Å²) in [5.74, 6) is 0. The van der Waals surface area contributed by atoms with Crippen molar-refractivity contribution in [1.82, 2.24) is 4.98 Å². The van der Waals surface area contributed by atoms with E-state index in [0.717, 1.165) is 27.2 Å². The summed E-state index contributed by atoms with van der Waals surface area (Å²) in [6.45, 7) is 2.07. The number of pyridine rings is 1. The van der Waals surface area contributed by atoms with Gasteiger partial charge in [0.2, 0.25) is 0 Å². The first kappa shape index (κ1) is 11.2. The molecule has 0 bridgehead atoms. The molecule has 0 atom stereocenters. The zero-order valence-electron chi connectivity index (χ0n) is 10.0. The SMILES string of the molecule is Cc1ccc(-c2cc(Cl)c3ccccc3n2)cc1. The minimum Gasteiger partial charge on any atom is -0.248 e. The van der Waals surface area contributed by atoms with Gasteiger partial charge in [-0.3, -0.25) is 0 Å². The van der Waals surface area contributed by atoms with Crippen molar-refractivity contribution in [2.45, 2.75) is 6.92 Å². The van der Waals surface area contributed by atoms with Crippen LogP contribution in [0.15, 0.2) is 54.6 Å². The molecule has 0 spiro atoms. The maximum absolute atomic E-state index is 6.30. The summed E-state index contributed by atoms with van der Waals surface area (Å²) >= 11 is 6.30. The molecule has 2 heteroatoms. The van der Waals surface area contributed by atoms with Crippen LogP contribution in [0.25, 0.3) is 22.2 Å². The van der Waals surface area contributed by atoms with Crippen LogP contribution in [0.2, 0.25) is 5.02 Å². The van der Waals surface area contributed by atoms with Crippen LogP contribution >= 0.6 is 11.6 Å². The molecule has 1 heterocycles. The van der Waals surface area contributed by atoms with E-state index in [1.54, 1.807) is 0 Å². The van der Waals surface area contributed by atoms with Gasteiger partial charge < -0.3 is 0 Å². The highest BCUT2D eigenvalue weighted by Gasteiger charge is 2.05. The first-order valence-electron chi connectivity index (χ1n) is 5.86. The molecule has 0 amide bonds. The lowest BCUT2D eigenvalue weighted by molar-refractivity contribution is 1.38. The molecule has 0 aliphatic carbocycles.